The van der Waals surface area contributed by atoms with Gasteiger partial charge in [0.2, 0.25) is 0 Å². The molecule has 0 radical (unpaired) electrons. The fourth-order valence-electron chi connectivity index (χ4n) is 2.13. The molecule has 1 aliphatic rings. The number of piperazine rings is 1. The molecular formula is C14H24N4. The molecule has 1 aromatic rings. The van der Waals surface area contributed by atoms with Gasteiger partial charge in [-0.25, -0.2) is 9.97 Å². The lowest BCUT2D eigenvalue weighted by atomic mass is 9.92. The average molecular weight is 248 g/mol. The summed E-state index contributed by atoms with van der Waals surface area (Å²) in [4.78, 5) is 11.5. The molecule has 1 fully saturated rings. The molecule has 0 saturated carbocycles. The van der Waals surface area contributed by atoms with Crippen molar-refractivity contribution in [3.63, 3.8) is 0 Å². The zero-order valence-electron chi connectivity index (χ0n) is 11.7. The number of nitrogens with zero attached hydrogens (tertiary/aromatic N) is 3. The third kappa shape index (κ3) is 3.75. The van der Waals surface area contributed by atoms with E-state index in [1.807, 2.05) is 12.3 Å². The molecule has 0 aliphatic carbocycles. The Kier molecular flexibility index (Phi) is 4.30. The molecule has 0 unspecified atom stereocenters. The molecule has 4 nitrogen and oxygen atoms in total. The van der Waals surface area contributed by atoms with Crippen LogP contribution in [0.4, 0.5) is 0 Å². The molecular weight excluding hydrogens is 224 g/mol. The molecule has 2 rings (SSSR count). The van der Waals surface area contributed by atoms with Crippen molar-refractivity contribution in [3.05, 3.63) is 23.8 Å². The fourth-order valence-corrected chi connectivity index (χ4v) is 2.13. The highest BCUT2D eigenvalue weighted by Crippen LogP contribution is 2.19. The Morgan fingerprint density at radius 1 is 1.28 bits per heavy atom. The minimum atomic E-state index is 0.104. The van der Waals surface area contributed by atoms with Gasteiger partial charge in [-0.3, -0.25) is 0 Å². The Hall–Kier alpha value is -1.00. The summed E-state index contributed by atoms with van der Waals surface area (Å²) in [5, 5.41) is 3.37. The maximum Gasteiger partial charge on any atom is 0.129 e. The van der Waals surface area contributed by atoms with E-state index in [4.69, 9.17) is 0 Å². The van der Waals surface area contributed by atoms with Crippen molar-refractivity contribution in [2.45, 2.75) is 32.6 Å². The molecule has 1 saturated heterocycles. The molecule has 1 aliphatic heterocycles. The summed E-state index contributed by atoms with van der Waals surface area (Å²) in [6.07, 6.45) is 2.84. The summed E-state index contributed by atoms with van der Waals surface area (Å²) >= 11 is 0. The van der Waals surface area contributed by atoms with E-state index >= 15 is 0 Å². The lowest BCUT2D eigenvalue weighted by Crippen LogP contribution is -2.44. The van der Waals surface area contributed by atoms with Crippen molar-refractivity contribution in [2.24, 2.45) is 0 Å². The second-order valence-corrected chi connectivity index (χ2v) is 5.95. The predicted octanol–water partition coefficient (Wildman–Crippen LogP) is 1.22. The van der Waals surface area contributed by atoms with Gasteiger partial charge < -0.3 is 10.2 Å². The summed E-state index contributed by atoms with van der Waals surface area (Å²) in [7, 11) is 0. The van der Waals surface area contributed by atoms with Crippen molar-refractivity contribution >= 4 is 0 Å². The minimum absolute atomic E-state index is 0.104. The van der Waals surface area contributed by atoms with Crippen LogP contribution in [0.25, 0.3) is 0 Å². The van der Waals surface area contributed by atoms with Crippen molar-refractivity contribution in [3.8, 4) is 0 Å². The van der Waals surface area contributed by atoms with Crippen LogP contribution in [-0.4, -0.2) is 47.6 Å². The van der Waals surface area contributed by atoms with Gasteiger partial charge in [0.15, 0.2) is 0 Å². The maximum atomic E-state index is 4.68. The first-order chi connectivity index (χ1) is 8.55. The van der Waals surface area contributed by atoms with Crippen LogP contribution in [0.2, 0.25) is 0 Å². The van der Waals surface area contributed by atoms with Crippen LogP contribution < -0.4 is 5.32 Å². The van der Waals surface area contributed by atoms with E-state index in [0.717, 1.165) is 50.7 Å². The molecule has 0 aromatic carbocycles. The number of rotatable bonds is 3. The Labute approximate surface area is 110 Å². The fraction of sp³-hybridized carbons (Fsp3) is 0.714. The first-order valence-corrected chi connectivity index (χ1v) is 6.81. The first-order valence-electron chi connectivity index (χ1n) is 6.81. The molecule has 0 amide bonds. The van der Waals surface area contributed by atoms with Gasteiger partial charge in [-0.2, -0.15) is 0 Å². The summed E-state index contributed by atoms with van der Waals surface area (Å²) < 4.78 is 0. The van der Waals surface area contributed by atoms with Crippen LogP contribution in [0.5, 0.6) is 0 Å². The van der Waals surface area contributed by atoms with Crippen LogP contribution in [0.3, 0.4) is 0 Å². The molecule has 0 spiro atoms. The highest BCUT2D eigenvalue weighted by Gasteiger charge is 2.16. The SMILES string of the molecule is CC(C)(C)c1ccnc(CCN2CCNCC2)n1. The Morgan fingerprint density at radius 3 is 2.67 bits per heavy atom. The van der Waals surface area contributed by atoms with E-state index in [-0.39, 0.29) is 5.41 Å². The third-order valence-corrected chi connectivity index (χ3v) is 3.34. The van der Waals surface area contributed by atoms with Gasteiger partial charge in [0, 0.05) is 56.5 Å². The molecule has 1 N–H and O–H groups in total. The summed E-state index contributed by atoms with van der Waals surface area (Å²) in [5.74, 6) is 0.973. The highest BCUT2D eigenvalue weighted by atomic mass is 15.2. The zero-order chi connectivity index (χ0) is 13.0. The van der Waals surface area contributed by atoms with Crippen LogP contribution >= 0.6 is 0 Å². The predicted molar refractivity (Wildman–Crippen MR) is 73.7 cm³/mol. The molecule has 0 bridgehead atoms. The second-order valence-electron chi connectivity index (χ2n) is 5.95. The zero-order valence-corrected chi connectivity index (χ0v) is 11.7. The van der Waals surface area contributed by atoms with Crippen molar-refractivity contribution < 1.29 is 0 Å². The molecule has 4 heteroatoms. The van der Waals surface area contributed by atoms with Gasteiger partial charge in [-0.05, 0) is 6.07 Å². The van der Waals surface area contributed by atoms with Gasteiger partial charge in [0.1, 0.15) is 5.82 Å². The third-order valence-electron chi connectivity index (χ3n) is 3.34. The van der Waals surface area contributed by atoms with Crippen LogP contribution in [-0.2, 0) is 11.8 Å². The number of hydrogen-bond donors (Lipinski definition) is 1. The van der Waals surface area contributed by atoms with E-state index in [0.29, 0.717) is 0 Å². The van der Waals surface area contributed by atoms with E-state index in [1.54, 1.807) is 0 Å². The number of aromatic nitrogens is 2. The monoisotopic (exact) mass is 248 g/mol. The molecule has 2 heterocycles. The summed E-state index contributed by atoms with van der Waals surface area (Å²) in [5.41, 5.74) is 1.24. The lowest BCUT2D eigenvalue weighted by molar-refractivity contribution is 0.242. The minimum Gasteiger partial charge on any atom is -0.314 e. The van der Waals surface area contributed by atoms with Gasteiger partial charge in [-0.15, -0.1) is 0 Å². The van der Waals surface area contributed by atoms with Crippen molar-refractivity contribution in [2.75, 3.05) is 32.7 Å². The Morgan fingerprint density at radius 2 is 2.00 bits per heavy atom. The van der Waals surface area contributed by atoms with Gasteiger partial charge in [0.05, 0.1) is 0 Å². The smallest absolute Gasteiger partial charge is 0.129 e. The lowest BCUT2D eigenvalue weighted by Gasteiger charge is -2.27. The normalized spacial score (nSPS) is 17.9. The van der Waals surface area contributed by atoms with Gasteiger partial charge in [0.25, 0.3) is 0 Å². The largest absolute Gasteiger partial charge is 0.314 e. The Balaban J connectivity index is 1.92. The first kappa shape index (κ1) is 13.4. The molecule has 18 heavy (non-hydrogen) atoms. The van der Waals surface area contributed by atoms with E-state index < -0.39 is 0 Å². The maximum absolute atomic E-state index is 4.68. The van der Waals surface area contributed by atoms with Crippen LogP contribution in [0.15, 0.2) is 12.3 Å². The quantitative estimate of drug-likeness (QED) is 0.873. The van der Waals surface area contributed by atoms with E-state index in [9.17, 15) is 0 Å². The molecule has 1 aromatic heterocycles. The van der Waals surface area contributed by atoms with Crippen molar-refractivity contribution in [1.29, 1.82) is 0 Å². The Bertz CT molecular complexity index is 378. The van der Waals surface area contributed by atoms with Gasteiger partial charge in [-0.1, -0.05) is 20.8 Å². The topological polar surface area (TPSA) is 41.1 Å². The van der Waals surface area contributed by atoms with Crippen LogP contribution in [0, 0.1) is 0 Å². The standard InChI is InChI=1S/C14H24N4/c1-14(2,3)12-4-6-16-13(17-12)5-9-18-10-7-15-8-11-18/h4,6,15H,5,7-11H2,1-3H3. The summed E-state index contributed by atoms with van der Waals surface area (Å²) in [6, 6.07) is 2.02. The molecule has 0 atom stereocenters. The highest BCUT2D eigenvalue weighted by molar-refractivity contribution is 5.12. The number of nitrogens with one attached hydrogen (secondary N) is 1. The second kappa shape index (κ2) is 5.76. The van der Waals surface area contributed by atoms with Crippen LogP contribution in [0.1, 0.15) is 32.3 Å². The molecule has 100 valence electrons. The average Bonchev–Trinajstić information content (AvgIpc) is 2.37. The van der Waals surface area contributed by atoms with Crippen molar-refractivity contribution in [1.82, 2.24) is 20.2 Å². The van der Waals surface area contributed by atoms with E-state index in [1.165, 1.54) is 0 Å². The number of hydrogen-bond acceptors (Lipinski definition) is 4. The van der Waals surface area contributed by atoms with E-state index in [2.05, 4.69) is 41.0 Å². The summed E-state index contributed by atoms with van der Waals surface area (Å²) in [6.45, 7) is 12.1. The van der Waals surface area contributed by atoms with Gasteiger partial charge >= 0.3 is 0 Å².